The third-order valence-electron chi connectivity index (χ3n) is 5.69. The van der Waals surface area contributed by atoms with Crippen LogP contribution in [0.2, 0.25) is 5.02 Å². The van der Waals surface area contributed by atoms with Gasteiger partial charge in [-0.05, 0) is 36.4 Å². The molecular weight excluding hydrogens is 506 g/mol. The number of aliphatic hydroxyl groups is 1. The molecule has 0 amide bonds. The molecule has 0 unspecified atom stereocenters. The largest absolute Gasteiger partial charge is 0.456 e. The van der Waals surface area contributed by atoms with E-state index in [0.717, 1.165) is 28.0 Å². The molecule has 0 aliphatic rings. The van der Waals surface area contributed by atoms with E-state index in [2.05, 4.69) is 41.2 Å². The Balaban J connectivity index is 1.53. The fourth-order valence-corrected chi connectivity index (χ4v) is 4.20. The first-order chi connectivity index (χ1) is 18.3. The molecule has 2 N–H and O–H groups in total. The molecule has 0 atom stereocenters. The minimum absolute atomic E-state index is 0.00568. The third-order valence-corrected chi connectivity index (χ3v) is 5.98. The SMILES string of the molecule is CO/N=C(/c1cccc(Oc2ccc(Nc3ncnc4ccn(CCOCCO)c34)cc2Cl)c1)C(C)(C)C. The summed E-state index contributed by atoms with van der Waals surface area (Å²) in [5.74, 6) is 1.80. The minimum Gasteiger partial charge on any atom is -0.456 e. The van der Waals surface area contributed by atoms with Gasteiger partial charge in [-0.2, -0.15) is 0 Å². The summed E-state index contributed by atoms with van der Waals surface area (Å²) < 4.78 is 13.5. The van der Waals surface area contributed by atoms with Gasteiger partial charge in [-0.25, -0.2) is 9.97 Å². The van der Waals surface area contributed by atoms with Crippen LogP contribution in [0, 0.1) is 5.41 Å². The van der Waals surface area contributed by atoms with Crippen molar-refractivity contribution in [2.45, 2.75) is 27.3 Å². The molecule has 0 saturated carbocycles. The van der Waals surface area contributed by atoms with Crippen LogP contribution in [0.4, 0.5) is 11.5 Å². The first-order valence-corrected chi connectivity index (χ1v) is 12.6. The first kappa shape index (κ1) is 27.4. The summed E-state index contributed by atoms with van der Waals surface area (Å²) >= 11 is 6.61. The molecule has 200 valence electrons. The highest BCUT2D eigenvalue weighted by Crippen LogP contribution is 2.34. The lowest BCUT2D eigenvalue weighted by Crippen LogP contribution is -2.21. The maximum Gasteiger partial charge on any atom is 0.158 e. The molecule has 4 rings (SSSR count). The Morgan fingerprint density at radius 3 is 2.68 bits per heavy atom. The smallest absolute Gasteiger partial charge is 0.158 e. The van der Waals surface area contributed by atoms with Crippen LogP contribution >= 0.6 is 11.6 Å². The number of oxime groups is 1. The van der Waals surface area contributed by atoms with Gasteiger partial charge >= 0.3 is 0 Å². The van der Waals surface area contributed by atoms with Crippen LogP contribution in [-0.2, 0) is 16.1 Å². The highest BCUT2D eigenvalue weighted by Gasteiger charge is 2.22. The molecule has 0 bridgehead atoms. The zero-order valence-corrected chi connectivity index (χ0v) is 22.7. The van der Waals surface area contributed by atoms with Gasteiger partial charge in [0.05, 0.1) is 36.1 Å². The van der Waals surface area contributed by atoms with Gasteiger partial charge in [-0.15, -0.1) is 0 Å². The van der Waals surface area contributed by atoms with Crippen LogP contribution in [-0.4, -0.2) is 52.3 Å². The Hall–Kier alpha value is -3.66. The molecule has 0 radical (unpaired) electrons. The highest BCUT2D eigenvalue weighted by molar-refractivity contribution is 6.32. The number of nitrogens with one attached hydrogen (secondary N) is 1. The number of ether oxygens (including phenoxy) is 2. The van der Waals surface area contributed by atoms with Crippen molar-refractivity contribution in [1.29, 1.82) is 0 Å². The van der Waals surface area contributed by atoms with Gasteiger partial charge in [0.2, 0.25) is 0 Å². The van der Waals surface area contributed by atoms with Crippen molar-refractivity contribution in [2.75, 3.05) is 32.2 Å². The number of aliphatic hydroxyl groups excluding tert-OH is 1. The van der Waals surface area contributed by atoms with E-state index in [1.165, 1.54) is 6.33 Å². The van der Waals surface area contributed by atoms with Crippen molar-refractivity contribution in [1.82, 2.24) is 14.5 Å². The topological polar surface area (TPSA) is 103 Å². The number of hydrogen-bond donors (Lipinski definition) is 2. The summed E-state index contributed by atoms with van der Waals surface area (Å²) in [6.07, 6.45) is 3.45. The zero-order chi connectivity index (χ0) is 27.1. The molecule has 2 aromatic heterocycles. The van der Waals surface area contributed by atoms with Crippen LogP contribution in [0.1, 0.15) is 26.3 Å². The molecule has 38 heavy (non-hydrogen) atoms. The number of benzene rings is 2. The van der Waals surface area contributed by atoms with Gasteiger partial charge in [0.25, 0.3) is 0 Å². The Morgan fingerprint density at radius 2 is 1.95 bits per heavy atom. The van der Waals surface area contributed by atoms with E-state index in [1.807, 2.05) is 53.2 Å². The molecule has 0 aliphatic heterocycles. The zero-order valence-electron chi connectivity index (χ0n) is 21.9. The lowest BCUT2D eigenvalue weighted by Gasteiger charge is -2.21. The van der Waals surface area contributed by atoms with E-state index in [-0.39, 0.29) is 12.0 Å². The van der Waals surface area contributed by atoms with Gasteiger partial charge in [-0.1, -0.05) is 49.7 Å². The van der Waals surface area contributed by atoms with Crippen LogP contribution in [0.5, 0.6) is 11.5 Å². The standard InChI is InChI=1S/C28H32ClN5O4/c1-28(2,3)26(33-36-4)19-6-5-7-21(16-19)38-24-9-8-20(17-22(24)29)32-27-25-23(30-18-31-27)10-11-34(25)12-14-37-15-13-35/h5-11,16-18,35H,12-15H2,1-4H3,(H,30,31,32)/b33-26-. The van der Waals surface area contributed by atoms with Crippen molar-refractivity contribution >= 4 is 39.9 Å². The minimum atomic E-state index is -0.210. The number of nitrogens with zero attached hydrogens (tertiary/aromatic N) is 4. The maximum absolute atomic E-state index is 8.92. The second-order valence-electron chi connectivity index (χ2n) is 9.57. The molecule has 2 heterocycles. The van der Waals surface area contributed by atoms with E-state index >= 15 is 0 Å². The summed E-state index contributed by atoms with van der Waals surface area (Å²) in [4.78, 5) is 13.9. The lowest BCUT2D eigenvalue weighted by molar-refractivity contribution is 0.0875. The Morgan fingerprint density at radius 1 is 1.11 bits per heavy atom. The van der Waals surface area contributed by atoms with Crippen LogP contribution < -0.4 is 10.1 Å². The summed E-state index contributed by atoms with van der Waals surface area (Å²) in [7, 11) is 1.54. The number of fused-ring (bicyclic) bond motifs is 1. The number of hydrogen-bond acceptors (Lipinski definition) is 8. The molecule has 10 heteroatoms. The molecule has 0 saturated heterocycles. The Bertz CT molecular complexity index is 1410. The number of rotatable bonds is 11. The quantitative estimate of drug-likeness (QED) is 0.137. The third kappa shape index (κ3) is 6.61. The first-order valence-electron chi connectivity index (χ1n) is 12.2. The number of aromatic nitrogens is 3. The maximum atomic E-state index is 8.92. The Kier molecular flexibility index (Phi) is 8.83. The molecule has 0 spiro atoms. The average molecular weight is 538 g/mol. The monoisotopic (exact) mass is 537 g/mol. The van der Waals surface area contributed by atoms with Crippen molar-refractivity contribution in [3.8, 4) is 11.5 Å². The van der Waals surface area contributed by atoms with Gasteiger partial charge in [0, 0.05) is 29.4 Å². The van der Waals surface area contributed by atoms with E-state index in [4.69, 9.17) is 31.0 Å². The summed E-state index contributed by atoms with van der Waals surface area (Å²) in [6.45, 7) is 7.60. The normalized spacial score (nSPS) is 12.1. The molecule has 0 aliphatic carbocycles. The van der Waals surface area contributed by atoms with E-state index in [1.54, 1.807) is 13.2 Å². The van der Waals surface area contributed by atoms with Crippen molar-refractivity contribution in [3.63, 3.8) is 0 Å². The van der Waals surface area contributed by atoms with Gasteiger partial charge in [0.1, 0.15) is 30.5 Å². The number of anilines is 2. The summed E-state index contributed by atoms with van der Waals surface area (Å²) in [6, 6.07) is 15.1. The van der Waals surface area contributed by atoms with Crippen LogP contribution in [0.3, 0.4) is 0 Å². The summed E-state index contributed by atoms with van der Waals surface area (Å²) in [5, 5.41) is 16.9. The average Bonchev–Trinajstić information content (AvgIpc) is 3.30. The fraction of sp³-hybridized carbons (Fsp3) is 0.321. The molecule has 4 aromatic rings. The molecular formula is C28H32ClN5O4. The fourth-order valence-electron chi connectivity index (χ4n) is 3.99. The van der Waals surface area contributed by atoms with Crippen LogP contribution in [0.25, 0.3) is 11.0 Å². The predicted molar refractivity (Wildman–Crippen MR) is 150 cm³/mol. The number of halogens is 1. The van der Waals surface area contributed by atoms with Crippen molar-refractivity contribution in [3.05, 3.63) is 71.6 Å². The van der Waals surface area contributed by atoms with E-state index < -0.39 is 0 Å². The van der Waals surface area contributed by atoms with Crippen molar-refractivity contribution in [2.24, 2.45) is 10.6 Å². The second kappa shape index (κ2) is 12.3. The van der Waals surface area contributed by atoms with Crippen molar-refractivity contribution < 1.29 is 19.4 Å². The van der Waals surface area contributed by atoms with Gasteiger partial charge in [-0.3, -0.25) is 0 Å². The van der Waals surface area contributed by atoms with Gasteiger partial charge in [0.15, 0.2) is 5.82 Å². The van der Waals surface area contributed by atoms with E-state index in [0.29, 0.717) is 42.1 Å². The highest BCUT2D eigenvalue weighted by atomic mass is 35.5. The lowest BCUT2D eigenvalue weighted by atomic mass is 9.85. The van der Waals surface area contributed by atoms with Crippen LogP contribution in [0.15, 0.2) is 66.2 Å². The second-order valence-corrected chi connectivity index (χ2v) is 9.98. The molecule has 9 nitrogen and oxygen atoms in total. The molecule has 2 aromatic carbocycles. The van der Waals surface area contributed by atoms with E-state index in [9.17, 15) is 0 Å². The predicted octanol–water partition coefficient (Wildman–Crippen LogP) is 6.03. The summed E-state index contributed by atoms with van der Waals surface area (Å²) in [5.41, 5.74) is 3.92. The Labute approximate surface area is 227 Å². The van der Waals surface area contributed by atoms with Gasteiger partial charge < -0.3 is 29.3 Å². The molecule has 0 fully saturated rings.